The molecule has 6 nitrogen and oxygen atoms in total. The quantitative estimate of drug-likeness (QED) is 0.728. The van der Waals surface area contributed by atoms with Crippen LogP contribution in [0.1, 0.15) is 62.9 Å². The molecule has 1 aromatic heterocycles. The number of carbonyl (C=O) groups excluding carboxylic acids is 2. The zero-order chi connectivity index (χ0) is 21.7. The number of benzene rings is 1. The van der Waals surface area contributed by atoms with Gasteiger partial charge in [0, 0.05) is 23.7 Å². The summed E-state index contributed by atoms with van der Waals surface area (Å²) in [6.07, 6.45) is 5.25. The molecule has 1 aliphatic carbocycles. The molecule has 0 spiro atoms. The molecule has 1 atom stereocenters. The average Bonchev–Trinajstić information content (AvgIpc) is 3.04. The van der Waals surface area contributed by atoms with Crippen LogP contribution in [0, 0.1) is 25.7 Å². The minimum atomic E-state index is -0.524. The summed E-state index contributed by atoms with van der Waals surface area (Å²) < 4.78 is 1.90. The minimum Gasteiger partial charge on any atom is -0.350 e. The first-order valence-electron chi connectivity index (χ1n) is 11.1. The lowest BCUT2D eigenvalue weighted by Crippen LogP contribution is -2.51. The molecule has 0 radical (unpaired) electrons. The van der Waals surface area contributed by atoms with Crippen LogP contribution in [0.4, 0.5) is 0 Å². The number of nitrogens with one attached hydrogen (secondary N) is 2. The lowest BCUT2D eigenvalue weighted by atomic mass is 9.88. The highest BCUT2D eigenvalue weighted by atomic mass is 16.2. The Kier molecular flexibility index (Phi) is 7.29. The van der Waals surface area contributed by atoms with Crippen molar-refractivity contribution in [2.24, 2.45) is 11.8 Å². The van der Waals surface area contributed by atoms with Gasteiger partial charge in [0.05, 0.1) is 11.4 Å². The molecule has 1 unspecified atom stereocenters. The number of amides is 2. The number of para-hydroxylation sites is 1. The maximum atomic E-state index is 12.9. The Morgan fingerprint density at radius 2 is 1.77 bits per heavy atom. The van der Waals surface area contributed by atoms with Gasteiger partial charge in [0.2, 0.25) is 11.8 Å². The van der Waals surface area contributed by atoms with Crippen LogP contribution in [0.25, 0.3) is 5.69 Å². The van der Waals surface area contributed by atoms with Gasteiger partial charge in [-0.2, -0.15) is 5.10 Å². The third kappa shape index (κ3) is 5.10. The van der Waals surface area contributed by atoms with E-state index < -0.39 is 6.04 Å². The first-order chi connectivity index (χ1) is 14.4. The number of hydrogen-bond acceptors (Lipinski definition) is 3. The standard InChI is InChI=1S/C24H34N4O2/c1-16(2)22(26-23(29)19-11-7-5-8-12-19)24(30)25-15-21-17(3)27-28(18(21)4)20-13-9-6-10-14-20/h6,9-10,13-14,16,19,22H,5,7-8,11-12,15H2,1-4H3,(H,25,30)(H,26,29). The largest absolute Gasteiger partial charge is 0.350 e. The predicted molar refractivity (Wildman–Crippen MR) is 118 cm³/mol. The van der Waals surface area contributed by atoms with Gasteiger partial charge in [0.15, 0.2) is 0 Å². The van der Waals surface area contributed by atoms with E-state index in [2.05, 4.69) is 15.7 Å². The van der Waals surface area contributed by atoms with Crippen molar-refractivity contribution in [2.75, 3.05) is 0 Å². The Bertz CT molecular complexity index is 867. The Morgan fingerprint density at radius 3 is 2.40 bits per heavy atom. The van der Waals surface area contributed by atoms with E-state index in [4.69, 9.17) is 0 Å². The van der Waals surface area contributed by atoms with Gasteiger partial charge in [-0.05, 0) is 44.7 Å². The summed E-state index contributed by atoms with van der Waals surface area (Å²) in [5, 5.41) is 10.7. The Morgan fingerprint density at radius 1 is 1.10 bits per heavy atom. The normalized spacial score (nSPS) is 15.8. The zero-order valence-electron chi connectivity index (χ0n) is 18.6. The summed E-state index contributed by atoms with van der Waals surface area (Å²) in [6.45, 7) is 8.30. The fourth-order valence-corrected chi connectivity index (χ4v) is 4.21. The van der Waals surface area contributed by atoms with Crippen molar-refractivity contribution in [3.63, 3.8) is 0 Å². The molecule has 1 aromatic carbocycles. The molecule has 2 N–H and O–H groups in total. The van der Waals surface area contributed by atoms with Crippen LogP contribution >= 0.6 is 0 Å². The van der Waals surface area contributed by atoms with E-state index in [9.17, 15) is 9.59 Å². The lowest BCUT2D eigenvalue weighted by Gasteiger charge is -2.26. The van der Waals surface area contributed by atoms with E-state index in [0.717, 1.165) is 48.3 Å². The average molecular weight is 411 g/mol. The van der Waals surface area contributed by atoms with Crippen LogP contribution in [-0.4, -0.2) is 27.6 Å². The van der Waals surface area contributed by atoms with E-state index in [1.165, 1.54) is 6.42 Å². The summed E-state index contributed by atoms with van der Waals surface area (Å²) in [5.74, 6) is -0.0543. The fraction of sp³-hybridized carbons (Fsp3) is 0.542. The van der Waals surface area contributed by atoms with E-state index >= 15 is 0 Å². The number of carbonyl (C=O) groups is 2. The number of aromatic nitrogens is 2. The molecule has 1 heterocycles. The van der Waals surface area contributed by atoms with E-state index in [1.54, 1.807) is 0 Å². The molecule has 1 aliphatic rings. The van der Waals surface area contributed by atoms with E-state index in [1.807, 2.05) is 62.7 Å². The summed E-state index contributed by atoms with van der Waals surface area (Å²) in [5.41, 5.74) is 3.90. The van der Waals surface area contributed by atoms with Crippen LogP contribution in [0.15, 0.2) is 30.3 Å². The van der Waals surface area contributed by atoms with Crippen molar-refractivity contribution in [2.45, 2.75) is 72.4 Å². The highest BCUT2D eigenvalue weighted by Crippen LogP contribution is 2.24. The van der Waals surface area contributed by atoms with Crippen molar-refractivity contribution < 1.29 is 9.59 Å². The molecule has 1 fully saturated rings. The fourth-order valence-electron chi connectivity index (χ4n) is 4.21. The first kappa shape index (κ1) is 22.1. The maximum absolute atomic E-state index is 12.9. The second-order valence-corrected chi connectivity index (χ2v) is 8.68. The highest BCUT2D eigenvalue weighted by molar-refractivity contribution is 5.88. The first-order valence-corrected chi connectivity index (χ1v) is 11.1. The highest BCUT2D eigenvalue weighted by Gasteiger charge is 2.28. The molecule has 0 aliphatic heterocycles. The molecule has 6 heteroatoms. The zero-order valence-corrected chi connectivity index (χ0v) is 18.6. The molecule has 2 aromatic rings. The minimum absolute atomic E-state index is 0.0202. The predicted octanol–water partition coefficient (Wildman–Crippen LogP) is 3.83. The molecule has 3 rings (SSSR count). The second kappa shape index (κ2) is 9.92. The lowest BCUT2D eigenvalue weighted by molar-refractivity contribution is -0.132. The van der Waals surface area contributed by atoms with Crippen molar-refractivity contribution in [3.05, 3.63) is 47.3 Å². The molecular weight excluding hydrogens is 376 g/mol. The maximum Gasteiger partial charge on any atom is 0.243 e. The van der Waals surface area contributed by atoms with Gasteiger partial charge in [-0.3, -0.25) is 9.59 Å². The van der Waals surface area contributed by atoms with Gasteiger partial charge in [0.25, 0.3) is 0 Å². The van der Waals surface area contributed by atoms with Gasteiger partial charge in [-0.25, -0.2) is 4.68 Å². The third-order valence-electron chi connectivity index (χ3n) is 6.10. The number of nitrogens with zero attached hydrogens (tertiary/aromatic N) is 2. The summed E-state index contributed by atoms with van der Waals surface area (Å²) >= 11 is 0. The van der Waals surface area contributed by atoms with Crippen molar-refractivity contribution >= 4 is 11.8 Å². The van der Waals surface area contributed by atoms with Crippen LogP contribution in [-0.2, 0) is 16.1 Å². The topological polar surface area (TPSA) is 76.0 Å². The molecule has 30 heavy (non-hydrogen) atoms. The SMILES string of the molecule is Cc1nn(-c2ccccc2)c(C)c1CNC(=O)C(NC(=O)C1CCCCC1)C(C)C. The monoisotopic (exact) mass is 410 g/mol. The van der Waals surface area contributed by atoms with Crippen molar-refractivity contribution in [1.82, 2.24) is 20.4 Å². The van der Waals surface area contributed by atoms with Gasteiger partial charge >= 0.3 is 0 Å². The van der Waals surface area contributed by atoms with Gasteiger partial charge in [-0.15, -0.1) is 0 Å². The Labute approximate surface area is 179 Å². The van der Waals surface area contributed by atoms with Crippen LogP contribution < -0.4 is 10.6 Å². The Hall–Kier alpha value is -2.63. The van der Waals surface area contributed by atoms with Crippen LogP contribution in [0.2, 0.25) is 0 Å². The summed E-state index contributed by atoms with van der Waals surface area (Å²) in [4.78, 5) is 25.6. The number of rotatable bonds is 7. The van der Waals surface area contributed by atoms with Crippen LogP contribution in [0.3, 0.4) is 0 Å². The van der Waals surface area contributed by atoms with Crippen molar-refractivity contribution in [3.8, 4) is 5.69 Å². The molecule has 0 saturated heterocycles. The second-order valence-electron chi connectivity index (χ2n) is 8.68. The van der Waals surface area contributed by atoms with Gasteiger partial charge in [0.1, 0.15) is 6.04 Å². The van der Waals surface area contributed by atoms with E-state index in [-0.39, 0.29) is 23.7 Å². The van der Waals surface area contributed by atoms with E-state index in [0.29, 0.717) is 6.54 Å². The van der Waals surface area contributed by atoms with Gasteiger partial charge < -0.3 is 10.6 Å². The molecular formula is C24H34N4O2. The van der Waals surface area contributed by atoms with Gasteiger partial charge in [-0.1, -0.05) is 51.3 Å². The van der Waals surface area contributed by atoms with Crippen LogP contribution in [0.5, 0.6) is 0 Å². The molecule has 1 saturated carbocycles. The molecule has 162 valence electrons. The molecule has 0 bridgehead atoms. The summed E-state index contributed by atoms with van der Waals surface area (Å²) in [6, 6.07) is 9.44. The number of aryl methyl sites for hydroxylation is 1. The smallest absolute Gasteiger partial charge is 0.243 e. The van der Waals surface area contributed by atoms with Crippen molar-refractivity contribution in [1.29, 1.82) is 0 Å². The summed E-state index contributed by atoms with van der Waals surface area (Å²) in [7, 11) is 0. The molecule has 2 amide bonds. The number of hydrogen-bond donors (Lipinski definition) is 2. The Balaban J connectivity index is 1.66. The third-order valence-corrected chi connectivity index (χ3v) is 6.10.